The van der Waals surface area contributed by atoms with E-state index in [2.05, 4.69) is 4.72 Å². The number of hydrogen-bond acceptors (Lipinski definition) is 4. The van der Waals surface area contributed by atoms with Gasteiger partial charge in [0.15, 0.2) is 6.61 Å². The molecule has 2 rings (SSSR count). The second-order valence-corrected chi connectivity index (χ2v) is 8.56. The molecule has 1 N–H and O–H groups in total. The standard InChI is InChI=1S/C18H28N2O4S/c1-14-7-8-17(12-15(14)2)24-13-18(21)20-11-5-4-6-16(20)9-10-19-25(3,22)23/h7-8,12,16,19H,4-6,9-11,13H2,1-3H3. The van der Waals surface area contributed by atoms with Crippen LogP contribution in [0.1, 0.15) is 36.8 Å². The molecule has 0 aromatic heterocycles. The van der Waals surface area contributed by atoms with E-state index in [4.69, 9.17) is 4.74 Å². The monoisotopic (exact) mass is 368 g/mol. The van der Waals surface area contributed by atoms with Crippen molar-refractivity contribution in [3.8, 4) is 5.75 Å². The molecule has 0 saturated carbocycles. The van der Waals surface area contributed by atoms with Gasteiger partial charge in [-0.05, 0) is 62.8 Å². The van der Waals surface area contributed by atoms with E-state index in [1.54, 1.807) is 0 Å². The summed E-state index contributed by atoms with van der Waals surface area (Å²) in [5.41, 5.74) is 2.32. The van der Waals surface area contributed by atoms with E-state index in [1.807, 2.05) is 36.9 Å². The summed E-state index contributed by atoms with van der Waals surface area (Å²) in [6.07, 6.45) is 4.72. The Hall–Kier alpha value is -1.60. The second kappa shape index (κ2) is 8.67. The van der Waals surface area contributed by atoms with Gasteiger partial charge >= 0.3 is 0 Å². The molecule has 1 amide bonds. The van der Waals surface area contributed by atoms with Gasteiger partial charge in [-0.25, -0.2) is 13.1 Å². The fourth-order valence-electron chi connectivity index (χ4n) is 3.07. The maximum absolute atomic E-state index is 12.6. The van der Waals surface area contributed by atoms with Gasteiger partial charge in [0, 0.05) is 19.1 Å². The summed E-state index contributed by atoms with van der Waals surface area (Å²) in [5.74, 6) is 0.658. The highest BCUT2D eigenvalue weighted by molar-refractivity contribution is 7.88. The van der Waals surface area contributed by atoms with Gasteiger partial charge in [-0.2, -0.15) is 0 Å². The first kappa shape index (κ1) is 19.7. The van der Waals surface area contributed by atoms with E-state index in [0.29, 0.717) is 25.3 Å². The molecule has 0 spiro atoms. The third kappa shape index (κ3) is 6.32. The molecule has 1 fully saturated rings. The molecular weight excluding hydrogens is 340 g/mol. The average molecular weight is 368 g/mol. The molecule has 0 bridgehead atoms. The maximum Gasteiger partial charge on any atom is 0.260 e. The Bertz CT molecular complexity index is 703. The van der Waals surface area contributed by atoms with Crippen LogP contribution in [0.4, 0.5) is 0 Å². The van der Waals surface area contributed by atoms with Crippen LogP contribution in [-0.4, -0.2) is 51.2 Å². The minimum absolute atomic E-state index is 0.0124. The normalized spacial score (nSPS) is 18.2. The third-order valence-electron chi connectivity index (χ3n) is 4.63. The average Bonchev–Trinajstić information content (AvgIpc) is 2.55. The van der Waals surface area contributed by atoms with Crippen LogP contribution in [0.2, 0.25) is 0 Å². The summed E-state index contributed by atoms with van der Waals surface area (Å²) in [6, 6.07) is 5.86. The van der Waals surface area contributed by atoms with Crippen LogP contribution in [0.5, 0.6) is 5.75 Å². The van der Waals surface area contributed by atoms with Crippen molar-refractivity contribution in [2.75, 3.05) is 26.0 Å². The molecular formula is C18H28N2O4S. The predicted molar refractivity (Wildman–Crippen MR) is 98.2 cm³/mol. The number of nitrogens with zero attached hydrogens (tertiary/aromatic N) is 1. The highest BCUT2D eigenvalue weighted by Crippen LogP contribution is 2.21. The zero-order chi connectivity index (χ0) is 18.4. The van der Waals surface area contributed by atoms with Crippen LogP contribution in [-0.2, 0) is 14.8 Å². The van der Waals surface area contributed by atoms with Crippen molar-refractivity contribution in [2.24, 2.45) is 0 Å². The largest absolute Gasteiger partial charge is 0.484 e. The van der Waals surface area contributed by atoms with Crippen molar-refractivity contribution >= 4 is 15.9 Å². The van der Waals surface area contributed by atoms with E-state index in [-0.39, 0.29) is 18.6 Å². The summed E-state index contributed by atoms with van der Waals surface area (Å²) in [5, 5.41) is 0. The predicted octanol–water partition coefficient (Wildman–Crippen LogP) is 2.00. The molecule has 140 valence electrons. The summed E-state index contributed by atoms with van der Waals surface area (Å²) >= 11 is 0. The molecule has 1 aromatic rings. The molecule has 7 heteroatoms. The molecule has 1 aromatic carbocycles. The molecule has 1 heterocycles. The number of aryl methyl sites for hydroxylation is 2. The molecule has 6 nitrogen and oxygen atoms in total. The first-order valence-electron chi connectivity index (χ1n) is 8.70. The number of hydrogen-bond donors (Lipinski definition) is 1. The van der Waals surface area contributed by atoms with Crippen LogP contribution >= 0.6 is 0 Å². The molecule has 1 saturated heterocycles. The summed E-state index contributed by atoms with van der Waals surface area (Å²) in [7, 11) is -3.19. The highest BCUT2D eigenvalue weighted by atomic mass is 32.2. The van der Waals surface area contributed by atoms with Gasteiger partial charge in [-0.1, -0.05) is 6.07 Å². The number of carbonyl (C=O) groups is 1. The Labute approximate surface area is 150 Å². The van der Waals surface area contributed by atoms with Crippen molar-refractivity contribution in [3.05, 3.63) is 29.3 Å². The number of rotatable bonds is 7. The SMILES string of the molecule is Cc1ccc(OCC(=O)N2CCCCC2CCNS(C)(=O)=O)cc1C. The lowest BCUT2D eigenvalue weighted by Gasteiger charge is -2.35. The van der Waals surface area contributed by atoms with Crippen LogP contribution in [0.25, 0.3) is 0 Å². The lowest BCUT2D eigenvalue weighted by atomic mass is 9.99. The van der Waals surface area contributed by atoms with Crippen molar-refractivity contribution in [3.63, 3.8) is 0 Å². The second-order valence-electron chi connectivity index (χ2n) is 6.73. The van der Waals surface area contributed by atoms with Crippen LogP contribution in [0, 0.1) is 13.8 Å². The van der Waals surface area contributed by atoms with Gasteiger partial charge in [0.25, 0.3) is 5.91 Å². The fourth-order valence-corrected chi connectivity index (χ4v) is 3.56. The first-order valence-corrected chi connectivity index (χ1v) is 10.6. The first-order chi connectivity index (χ1) is 11.8. The maximum atomic E-state index is 12.6. The number of nitrogens with one attached hydrogen (secondary N) is 1. The Morgan fingerprint density at radius 1 is 1.28 bits per heavy atom. The van der Waals surface area contributed by atoms with Crippen molar-refractivity contribution in [1.82, 2.24) is 9.62 Å². The van der Waals surface area contributed by atoms with Gasteiger partial charge in [-0.3, -0.25) is 4.79 Å². The summed E-state index contributed by atoms with van der Waals surface area (Å²) < 4.78 is 30.5. The molecule has 1 aliphatic heterocycles. The number of sulfonamides is 1. The third-order valence-corrected chi connectivity index (χ3v) is 5.36. The molecule has 1 unspecified atom stereocenters. The van der Waals surface area contributed by atoms with E-state index in [1.165, 1.54) is 5.56 Å². The number of ether oxygens (including phenoxy) is 1. The Morgan fingerprint density at radius 3 is 2.72 bits per heavy atom. The number of amides is 1. The lowest BCUT2D eigenvalue weighted by molar-refractivity contribution is -0.137. The molecule has 0 aliphatic carbocycles. The van der Waals surface area contributed by atoms with E-state index in [9.17, 15) is 13.2 Å². The number of carbonyl (C=O) groups excluding carboxylic acids is 1. The zero-order valence-corrected chi connectivity index (χ0v) is 16.1. The van der Waals surface area contributed by atoms with Gasteiger partial charge in [0.05, 0.1) is 6.26 Å². The van der Waals surface area contributed by atoms with Gasteiger partial charge in [-0.15, -0.1) is 0 Å². The minimum Gasteiger partial charge on any atom is -0.484 e. The Balaban J connectivity index is 1.89. The Morgan fingerprint density at radius 2 is 2.04 bits per heavy atom. The minimum atomic E-state index is -3.19. The Kier molecular flexibility index (Phi) is 6.84. The smallest absolute Gasteiger partial charge is 0.260 e. The quantitative estimate of drug-likeness (QED) is 0.799. The summed E-state index contributed by atoms with van der Waals surface area (Å²) in [4.78, 5) is 14.4. The zero-order valence-electron chi connectivity index (χ0n) is 15.2. The van der Waals surface area contributed by atoms with E-state index in [0.717, 1.165) is 31.1 Å². The van der Waals surface area contributed by atoms with Gasteiger partial charge in [0.1, 0.15) is 5.75 Å². The number of likely N-dealkylation sites (tertiary alicyclic amines) is 1. The van der Waals surface area contributed by atoms with Gasteiger partial charge in [0.2, 0.25) is 10.0 Å². The topological polar surface area (TPSA) is 75.7 Å². The molecule has 1 aliphatic rings. The number of benzene rings is 1. The fraction of sp³-hybridized carbons (Fsp3) is 0.611. The van der Waals surface area contributed by atoms with Crippen LogP contribution < -0.4 is 9.46 Å². The van der Waals surface area contributed by atoms with Crippen molar-refractivity contribution in [2.45, 2.75) is 45.6 Å². The molecule has 1 atom stereocenters. The summed E-state index contributed by atoms with van der Waals surface area (Å²) in [6.45, 7) is 5.12. The molecule has 0 radical (unpaired) electrons. The van der Waals surface area contributed by atoms with Gasteiger partial charge < -0.3 is 9.64 Å². The van der Waals surface area contributed by atoms with Crippen LogP contribution in [0.15, 0.2) is 18.2 Å². The number of piperidine rings is 1. The van der Waals surface area contributed by atoms with Crippen molar-refractivity contribution in [1.29, 1.82) is 0 Å². The molecule has 25 heavy (non-hydrogen) atoms. The highest BCUT2D eigenvalue weighted by Gasteiger charge is 2.26. The van der Waals surface area contributed by atoms with Crippen molar-refractivity contribution < 1.29 is 17.9 Å². The van der Waals surface area contributed by atoms with E-state index >= 15 is 0 Å². The van der Waals surface area contributed by atoms with Crippen LogP contribution in [0.3, 0.4) is 0 Å². The van der Waals surface area contributed by atoms with E-state index < -0.39 is 10.0 Å². The lowest BCUT2D eigenvalue weighted by Crippen LogP contribution is -2.47.